The number of carbonyl (C=O) groups is 2. The zero-order valence-electron chi connectivity index (χ0n) is 14.1. The van der Waals surface area contributed by atoms with Crippen LogP contribution in [0, 0.1) is 11.3 Å². The lowest BCUT2D eigenvalue weighted by molar-refractivity contribution is -0.147. The number of fused-ring (bicyclic) bond motifs is 1. The molecule has 7 heteroatoms. The van der Waals surface area contributed by atoms with Crippen molar-refractivity contribution in [2.45, 2.75) is 17.7 Å². The number of para-hydroxylation sites is 1. The van der Waals surface area contributed by atoms with Crippen molar-refractivity contribution in [3.63, 3.8) is 0 Å². The van der Waals surface area contributed by atoms with E-state index in [-0.39, 0.29) is 12.0 Å². The van der Waals surface area contributed by atoms with Gasteiger partial charge in [-0.3, -0.25) is 9.59 Å². The van der Waals surface area contributed by atoms with Crippen LogP contribution in [0.1, 0.15) is 12.2 Å². The number of furan rings is 1. The van der Waals surface area contributed by atoms with E-state index in [2.05, 4.69) is 0 Å². The molecule has 0 unspecified atom stereocenters. The second-order valence-corrected chi connectivity index (χ2v) is 6.61. The van der Waals surface area contributed by atoms with E-state index in [1.165, 1.54) is 18.0 Å². The van der Waals surface area contributed by atoms with Crippen LogP contribution in [-0.4, -0.2) is 25.4 Å². The van der Waals surface area contributed by atoms with Gasteiger partial charge in [-0.05, 0) is 24.3 Å². The summed E-state index contributed by atoms with van der Waals surface area (Å²) < 4.78 is 10.2. The summed E-state index contributed by atoms with van der Waals surface area (Å²) in [7, 11) is 1.80. The lowest BCUT2D eigenvalue weighted by Gasteiger charge is -2.14. The van der Waals surface area contributed by atoms with E-state index in [1.807, 2.05) is 30.3 Å². The van der Waals surface area contributed by atoms with Gasteiger partial charge in [0.05, 0.1) is 18.4 Å². The van der Waals surface area contributed by atoms with Crippen molar-refractivity contribution < 1.29 is 18.7 Å². The molecule has 2 aromatic rings. The Morgan fingerprint density at radius 1 is 1.27 bits per heavy atom. The molecule has 0 radical (unpaired) electrons. The molecule has 0 N–H and O–H groups in total. The number of thioether (sulfide) groups is 1. The molecule has 0 spiro atoms. The van der Waals surface area contributed by atoms with Crippen LogP contribution in [0.5, 0.6) is 0 Å². The molecule has 0 saturated heterocycles. The molecule has 0 fully saturated rings. The number of hydrogen-bond donors (Lipinski definition) is 0. The van der Waals surface area contributed by atoms with E-state index in [9.17, 15) is 14.9 Å². The molecule has 1 aliphatic rings. The van der Waals surface area contributed by atoms with Gasteiger partial charge in [-0.1, -0.05) is 23.9 Å². The van der Waals surface area contributed by atoms with Crippen LogP contribution < -0.4 is 4.90 Å². The van der Waals surface area contributed by atoms with Crippen molar-refractivity contribution in [1.29, 1.82) is 5.26 Å². The normalized spacial score (nSPS) is 14.5. The molecule has 26 heavy (non-hydrogen) atoms. The quantitative estimate of drug-likeness (QED) is 0.439. The van der Waals surface area contributed by atoms with Crippen LogP contribution >= 0.6 is 11.8 Å². The summed E-state index contributed by atoms with van der Waals surface area (Å²) >= 11 is 1.36. The molecular weight excluding hydrogens is 352 g/mol. The number of rotatable bonds is 6. The van der Waals surface area contributed by atoms with Gasteiger partial charge in [0, 0.05) is 18.4 Å². The molecule has 0 bridgehead atoms. The minimum atomic E-state index is -0.513. The molecule has 1 aromatic heterocycles. The average Bonchev–Trinajstić information content (AvgIpc) is 3.28. The van der Waals surface area contributed by atoms with Gasteiger partial charge in [0.2, 0.25) is 5.78 Å². The number of Topliss-reactive ketones (excluding diaryl/α,β-unsaturated/α-hetero) is 1. The minimum absolute atomic E-state index is 0.00691. The lowest BCUT2D eigenvalue weighted by Crippen LogP contribution is -2.20. The fourth-order valence-corrected chi connectivity index (χ4v) is 3.68. The SMILES string of the molecule is CN1/C(=C(\C#N)C(=O)COC(=O)CCc2ccco2)Sc2ccccc21. The van der Waals surface area contributed by atoms with Gasteiger partial charge in [0.25, 0.3) is 0 Å². The van der Waals surface area contributed by atoms with Gasteiger partial charge in [0.1, 0.15) is 22.4 Å². The van der Waals surface area contributed by atoms with Crippen molar-refractivity contribution in [2.75, 3.05) is 18.6 Å². The number of ketones is 1. The third-order valence-electron chi connectivity index (χ3n) is 3.86. The van der Waals surface area contributed by atoms with Crippen LogP contribution in [0.3, 0.4) is 0 Å². The fourth-order valence-electron chi connectivity index (χ4n) is 2.52. The summed E-state index contributed by atoms with van der Waals surface area (Å²) in [5, 5.41) is 9.97. The summed E-state index contributed by atoms with van der Waals surface area (Å²) in [6.07, 6.45) is 2.04. The Labute approximate surface area is 155 Å². The highest BCUT2D eigenvalue weighted by Crippen LogP contribution is 2.46. The van der Waals surface area contributed by atoms with Crippen molar-refractivity contribution in [3.05, 3.63) is 59.0 Å². The zero-order valence-corrected chi connectivity index (χ0v) is 14.9. The van der Waals surface area contributed by atoms with E-state index in [4.69, 9.17) is 9.15 Å². The first kappa shape index (κ1) is 17.8. The number of anilines is 1. The smallest absolute Gasteiger partial charge is 0.306 e. The molecule has 0 aliphatic carbocycles. The Bertz CT molecular complexity index is 897. The van der Waals surface area contributed by atoms with Gasteiger partial charge in [-0.2, -0.15) is 5.26 Å². The summed E-state index contributed by atoms with van der Waals surface area (Å²) in [5.74, 6) is -0.344. The van der Waals surface area contributed by atoms with E-state index in [0.717, 1.165) is 10.6 Å². The summed E-state index contributed by atoms with van der Waals surface area (Å²) in [5.41, 5.74) is 0.927. The molecule has 132 valence electrons. The van der Waals surface area contributed by atoms with Crippen molar-refractivity contribution in [3.8, 4) is 6.07 Å². The highest BCUT2D eigenvalue weighted by atomic mass is 32.2. The first-order valence-corrected chi connectivity index (χ1v) is 8.78. The van der Waals surface area contributed by atoms with Gasteiger partial charge >= 0.3 is 5.97 Å². The molecule has 1 aliphatic heterocycles. The maximum absolute atomic E-state index is 12.4. The van der Waals surface area contributed by atoms with Crippen molar-refractivity contribution in [2.24, 2.45) is 0 Å². The Kier molecular flexibility index (Phi) is 5.44. The zero-order chi connectivity index (χ0) is 18.5. The van der Waals surface area contributed by atoms with Crippen LogP contribution in [0.2, 0.25) is 0 Å². The van der Waals surface area contributed by atoms with E-state index in [1.54, 1.807) is 24.1 Å². The van der Waals surface area contributed by atoms with E-state index >= 15 is 0 Å². The summed E-state index contributed by atoms with van der Waals surface area (Å²) in [6, 6.07) is 13.1. The van der Waals surface area contributed by atoms with Crippen molar-refractivity contribution >= 4 is 29.2 Å². The van der Waals surface area contributed by atoms with Crippen molar-refractivity contribution in [1.82, 2.24) is 0 Å². The molecule has 3 rings (SSSR count). The van der Waals surface area contributed by atoms with Crippen LogP contribution in [0.25, 0.3) is 0 Å². The minimum Gasteiger partial charge on any atom is -0.469 e. The number of esters is 1. The topological polar surface area (TPSA) is 83.5 Å². The third kappa shape index (κ3) is 3.81. The molecule has 0 atom stereocenters. The first-order chi connectivity index (χ1) is 12.6. The maximum atomic E-state index is 12.4. The number of carbonyl (C=O) groups excluding carboxylic acids is 2. The second-order valence-electron chi connectivity index (χ2n) is 5.58. The summed E-state index contributed by atoms with van der Waals surface area (Å²) in [4.78, 5) is 26.9. The van der Waals surface area contributed by atoms with Gasteiger partial charge in [-0.15, -0.1) is 0 Å². The highest BCUT2D eigenvalue weighted by Gasteiger charge is 2.28. The highest BCUT2D eigenvalue weighted by molar-refractivity contribution is 8.03. The molecule has 6 nitrogen and oxygen atoms in total. The second kappa shape index (κ2) is 7.93. The van der Waals surface area contributed by atoms with Gasteiger partial charge < -0.3 is 14.1 Å². The molecule has 0 amide bonds. The predicted molar refractivity (Wildman–Crippen MR) is 96.3 cm³/mol. The number of nitriles is 1. The number of ether oxygens (including phenoxy) is 1. The fraction of sp³-hybridized carbons (Fsp3) is 0.211. The first-order valence-electron chi connectivity index (χ1n) is 7.96. The standard InChI is InChI=1S/C19H16N2O4S/c1-21-15-6-2-3-7-17(15)26-19(21)14(11-20)16(22)12-25-18(23)9-8-13-5-4-10-24-13/h2-7,10H,8-9,12H2,1H3/b19-14-. The monoisotopic (exact) mass is 368 g/mol. The van der Waals surface area contributed by atoms with Crippen LogP contribution in [0.4, 0.5) is 5.69 Å². The van der Waals surface area contributed by atoms with Crippen LogP contribution in [0.15, 0.2) is 62.6 Å². The maximum Gasteiger partial charge on any atom is 0.306 e. The van der Waals surface area contributed by atoms with E-state index < -0.39 is 18.4 Å². The number of hydrogen-bond acceptors (Lipinski definition) is 7. The van der Waals surface area contributed by atoms with Crippen LogP contribution in [-0.2, 0) is 20.7 Å². The Morgan fingerprint density at radius 2 is 2.08 bits per heavy atom. The van der Waals surface area contributed by atoms with Gasteiger partial charge in [-0.25, -0.2) is 0 Å². The van der Waals surface area contributed by atoms with E-state index in [0.29, 0.717) is 17.2 Å². The Morgan fingerprint density at radius 3 is 2.77 bits per heavy atom. The number of benzene rings is 1. The molecular formula is C19H16N2O4S. The number of nitrogens with zero attached hydrogens (tertiary/aromatic N) is 2. The summed E-state index contributed by atoms with van der Waals surface area (Å²) in [6.45, 7) is -0.450. The Hall–Kier alpha value is -2.98. The third-order valence-corrected chi connectivity index (χ3v) is 5.10. The van der Waals surface area contributed by atoms with Gasteiger partial charge in [0.15, 0.2) is 6.61 Å². The lowest BCUT2D eigenvalue weighted by atomic mass is 10.2. The molecule has 2 heterocycles. The number of aryl methyl sites for hydroxylation is 1. The molecule has 1 aromatic carbocycles. The predicted octanol–water partition coefficient (Wildman–Crippen LogP) is 3.30. The molecule has 0 saturated carbocycles. The Balaban J connectivity index is 1.61. The largest absolute Gasteiger partial charge is 0.469 e. The average molecular weight is 368 g/mol.